The first kappa shape index (κ1) is 15.5. The molecule has 0 aromatic carbocycles. The van der Waals surface area contributed by atoms with Crippen molar-refractivity contribution in [2.24, 2.45) is 0 Å². The minimum Gasteiger partial charge on any atom is -0.367 e. The van der Waals surface area contributed by atoms with Gasteiger partial charge in [0.1, 0.15) is 5.76 Å². The molecule has 122 valence electrons. The maximum atomic E-state index is 12.4. The number of anilines is 2. The Morgan fingerprint density at radius 3 is 3.00 bits per heavy atom. The third-order valence-electron chi connectivity index (χ3n) is 4.29. The molecule has 0 saturated carbocycles. The summed E-state index contributed by atoms with van der Waals surface area (Å²) in [6.45, 7) is 5.01. The minimum absolute atomic E-state index is 0.224. The van der Waals surface area contributed by atoms with Gasteiger partial charge < -0.3 is 14.7 Å². The Kier molecular flexibility index (Phi) is 4.60. The van der Waals surface area contributed by atoms with Crippen LogP contribution in [0.5, 0.6) is 0 Å². The van der Waals surface area contributed by atoms with Crippen molar-refractivity contribution in [1.82, 2.24) is 10.1 Å². The van der Waals surface area contributed by atoms with Crippen LogP contribution in [0.1, 0.15) is 48.7 Å². The summed E-state index contributed by atoms with van der Waals surface area (Å²) in [5.41, 5.74) is 1.55. The number of pyridine rings is 1. The average molecular weight is 314 g/mol. The van der Waals surface area contributed by atoms with Gasteiger partial charge in [-0.1, -0.05) is 12.1 Å². The first-order valence-electron chi connectivity index (χ1n) is 8.13. The SMILES string of the molecule is CCC1CCCCN1c1cncc(C(=O)Nc2cc(C)on2)c1. The number of nitrogens with one attached hydrogen (secondary N) is 1. The Morgan fingerprint density at radius 2 is 2.26 bits per heavy atom. The number of piperidine rings is 1. The third kappa shape index (κ3) is 3.52. The molecule has 1 atom stereocenters. The molecule has 6 nitrogen and oxygen atoms in total. The fraction of sp³-hybridized carbons (Fsp3) is 0.471. The minimum atomic E-state index is -0.224. The Hall–Kier alpha value is -2.37. The summed E-state index contributed by atoms with van der Waals surface area (Å²) < 4.78 is 4.96. The van der Waals surface area contributed by atoms with E-state index in [1.807, 2.05) is 12.3 Å². The average Bonchev–Trinajstić information content (AvgIpc) is 2.99. The first-order valence-corrected chi connectivity index (χ1v) is 8.13. The smallest absolute Gasteiger partial charge is 0.258 e. The van der Waals surface area contributed by atoms with Crippen LogP contribution in [-0.4, -0.2) is 28.6 Å². The lowest BCUT2D eigenvalue weighted by atomic mass is 9.99. The van der Waals surface area contributed by atoms with Crippen LogP contribution in [0.3, 0.4) is 0 Å². The molecule has 0 aliphatic carbocycles. The summed E-state index contributed by atoms with van der Waals surface area (Å²) in [6.07, 6.45) is 8.18. The zero-order valence-corrected chi connectivity index (χ0v) is 13.6. The van der Waals surface area contributed by atoms with E-state index in [-0.39, 0.29) is 5.91 Å². The molecule has 3 heterocycles. The highest BCUT2D eigenvalue weighted by Gasteiger charge is 2.22. The van der Waals surface area contributed by atoms with Crippen molar-refractivity contribution >= 4 is 17.4 Å². The van der Waals surface area contributed by atoms with Gasteiger partial charge in [-0.15, -0.1) is 0 Å². The number of aromatic nitrogens is 2. The molecule has 0 radical (unpaired) electrons. The van der Waals surface area contributed by atoms with Gasteiger partial charge in [0.25, 0.3) is 5.91 Å². The number of aryl methyl sites for hydroxylation is 1. The van der Waals surface area contributed by atoms with E-state index >= 15 is 0 Å². The first-order chi connectivity index (χ1) is 11.2. The van der Waals surface area contributed by atoms with E-state index < -0.39 is 0 Å². The van der Waals surface area contributed by atoms with Crippen LogP contribution < -0.4 is 10.2 Å². The molecule has 1 amide bonds. The number of amides is 1. The van der Waals surface area contributed by atoms with Crippen LogP contribution in [0.2, 0.25) is 0 Å². The molecular formula is C17H22N4O2. The van der Waals surface area contributed by atoms with Gasteiger partial charge in [-0.25, -0.2) is 0 Å². The molecule has 2 aromatic heterocycles. The topological polar surface area (TPSA) is 71.3 Å². The summed E-state index contributed by atoms with van der Waals surface area (Å²) in [5.74, 6) is 0.853. The fourth-order valence-electron chi connectivity index (χ4n) is 3.09. The predicted molar refractivity (Wildman–Crippen MR) is 88.7 cm³/mol. The Morgan fingerprint density at radius 1 is 1.39 bits per heavy atom. The van der Waals surface area contributed by atoms with Crippen molar-refractivity contribution in [2.75, 3.05) is 16.8 Å². The molecule has 0 spiro atoms. The van der Waals surface area contributed by atoms with E-state index in [9.17, 15) is 4.79 Å². The molecule has 1 aliphatic heterocycles. The van der Waals surface area contributed by atoms with Crippen molar-refractivity contribution < 1.29 is 9.32 Å². The van der Waals surface area contributed by atoms with E-state index in [0.29, 0.717) is 23.2 Å². The molecule has 1 fully saturated rings. The highest BCUT2D eigenvalue weighted by molar-refractivity contribution is 6.04. The van der Waals surface area contributed by atoms with Crippen LogP contribution in [-0.2, 0) is 0 Å². The quantitative estimate of drug-likeness (QED) is 0.936. The summed E-state index contributed by atoms with van der Waals surface area (Å²) in [4.78, 5) is 19.0. The Bertz CT molecular complexity index is 683. The molecule has 23 heavy (non-hydrogen) atoms. The number of carbonyl (C=O) groups is 1. The van der Waals surface area contributed by atoms with Crippen molar-refractivity contribution in [1.29, 1.82) is 0 Å². The van der Waals surface area contributed by atoms with E-state index in [1.54, 1.807) is 19.2 Å². The summed E-state index contributed by atoms with van der Waals surface area (Å²) >= 11 is 0. The largest absolute Gasteiger partial charge is 0.367 e. The van der Waals surface area contributed by atoms with Crippen LogP contribution in [0.4, 0.5) is 11.5 Å². The van der Waals surface area contributed by atoms with E-state index in [2.05, 4.69) is 27.3 Å². The summed E-state index contributed by atoms with van der Waals surface area (Å²) in [6, 6.07) is 4.12. The van der Waals surface area contributed by atoms with Gasteiger partial charge in [-0.3, -0.25) is 9.78 Å². The fourth-order valence-corrected chi connectivity index (χ4v) is 3.09. The van der Waals surface area contributed by atoms with Gasteiger partial charge in [0.2, 0.25) is 0 Å². The molecule has 0 bridgehead atoms. The zero-order chi connectivity index (χ0) is 16.2. The predicted octanol–water partition coefficient (Wildman–Crippen LogP) is 3.40. The highest BCUT2D eigenvalue weighted by atomic mass is 16.5. The lowest BCUT2D eigenvalue weighted by Crippen LogP contribution is -2.39. The standard InChI is InChI=1S/C17H22N4O2/c1-3-14-6-4-5-7-21(14)15-9-13(10-18-11-15)17(22)19-16-8-12(2)23-20-16/h8-11,14H,3-7H2,1-2H3,(H,19,20,22). The maximum absolute atomic E-state index is 12.4. The van der Waals surface area contributed by atoms with E-state index in [0.717, 1.165) is 18.7 Å². The number of nitrogens with zero attached hydrogens (tertiary/aromatic N) is 3. The van der Waals surface area contributed by atoms with Gasteiger partial charge in [-0.05, 0) is 38.7 Å². The highest BCUT2D eigenvalue weighted by Crippen LogP contribution is 2.26. The molecule has 1 saturated heterocycles. The van der Waals surface area contributed by atoms with Crippen molar-refractivity contribution in [3.8, 4) is 0 Å². The van der Waals surface area contributed by atoms with Crippen molar-refractivity contribution in [3.63, 3.8) is 0 Å². The van der Waals surface area contributed by atoms with Crippen molar-refractivity contribution in [3.05, 3.63) is 35.9 Å². The van der Waals surface area contributed by atoms with Gasteiger partial charge in [0, 0.05) is 24.8 Å². The maximum Gasteiger partial charge on any atom is 0.258 e. The van der Waals surface area contributed by atoms with Crippen LogP contribution in [0.25, 0.3) is 0 Å². The molecule has 1 aliphatic rings. The Labute approximate surface area is 135 Å². The lowest BCUT2D eigenvalue weighted by Gasteiger charge is -2.37. The van der Waals surface area contributed by atoms with Gasteiger partial charge in [0.05, 0.1) is 17.4 Å². The molecule has 1 unspecified atom stereocenters. The molecule has 1 N–H and O–H groups in total. The molecule has 6 heteroatoms. The summed E-state index contributed by atoms with van der Waals surface area (Å²) in [5, 5.41) is 6.51. The molecule has 3 rings (SSSR count). The van der Waals surface area contributed by atoms with Gasteiger partial charge in [0.15, 0.2) is 5.82 Å². The third-order valence-corrected chi connectivity index (χ3v) is 4.29. The van der Waals surface area contributed by atoms with Crippen molar-refractivity contribution in [2.45, 2.75) is 45.6 Å². The number of hydrogen-bond donors (Lipinski definition) is 1. The monoisotopic (exact) mass is 314 g/mol. The number of hydrogen-bond acceptors (Lipinski definition) is 5. The second-order valence-electron chi connectivity index (χ2n) is 5.96. The molecular weight excluding hydrogens is 292 g/mol. The van der Waals surface area contributed by atoms with Gasteiger partial charge in [-0.2, -0.15) is 0 Å². The number of carbonyl (C=O) groups excluding carboxylic acids is 1. The second kappa shape index (κ2) is 6.81. The molecule has 2 aromatic rings. The van der Waals surface area contributed by atoms with E-state index in [1.165, 1.54) is 19.3 Å². The van der Waals surface area contributed by atoms with Crippen LogP contribution >= 0.6 is 0 Å². The van der Waals surface area contributed by atoms with Crippen LogP contribution in [0, 0.1) is 6.92 Å². The lowest BCUT2D eigenvalue weighted by molar-refractivity contribution is 0.102. The van der Waals surface area contributed by atoms with E-state index in [4.69, 9.17) is 4.52 Å². The summed E-state index contributed by atoms with van der Waals surface area (Å²) in [7, 11) is 0. The Balaban J connectivity index is 1.77. The normalized spacial score (nSPS) is 18.0. The zero-order valence-electron chi connectivity index (χ0n) is 13.6. The second-order valence-corrected chi connectivity index (χ2v) is 5.96. The number of rotatable bonds is 4. The van der Waals surface area contributed by atoms with Crippen LogP contribution in [0.15, 0.2) is 29.0 Å². The van der Waals surface area contributed by atoms with Gasteiger partial charge >= 0.3 is 0 Å².